The van der Waals surface area contributed by atoms with Crippen molar-refractivity contribution in [2.75, 3.05) is 0 Å². The van der Waals surface area contributed by atoms with Crippen molar-refractivity contribution >= 4 is 23.3 Å². The molecule has 0 spiro atoms. The monoisotopic (exact) mass is 293 g/mol. The van der Waals surface area contributed by atoms with Gasteiger partial charge in [0.05, 0.1) is 0 Å². The molecule has 5 heteroatoms. The minimum absolute atomic E-state index is 0.119. The predicted molar refractivity (Wildman–Crippen MR) is 81.8 cm³/mol. The van der Waals surface area contributed by atoms with Gasteiger partial charge in [0, 0.05) is 17.0 Å². The van der Waals surface area contributed by atoms with Crippen molar-refractivity contribution in [3.63, 3.8) is 0 Å². The van der Waals surface area contributed by atoms with E-state index in [9.17, 15) is 0 Å². The molecule has 0 aliphatic rings. The van der Waals surface area contributed by atoms with Gasteiger partial charge in [0.25, 0.3) is 0 Å². The number of nitrogens with one attached hydrogen (secondary N) is 1. The van der Waals surface area contributed by atoms with Gasteiger partial charge in [0.1, 0.15) is 6.33 Å². The van der Waals surface area contributed by atoms with Gasteiger partial charge < -0.3 is 5.32 Å². The summed E-state index contributed by atoms with van der Waals surface area (Å²) in [4.78, 5) is 5.48. The van der Waals surface area contributed by atoms with Crippen LogP contribution in [-0.4, -0.2) is 14.9 Å². The Morgan fingerprint density at radius 3 is 2.74 bits per heavy atom. The Morgan fingerprint density at radius 1 is 1.32 bits per heavy atom. The molecule has 0 bridgehead atoms. The second kappa shape index (κ2) is 6.03. The molecule has 2 rings (SSSR count). The van der Waals surface area contributed by atoms with Gasteiger partial charge in [-0.15, -0.1) is 0 Å². The van der Waals surface area contributed by atoms with Crippen LogP contribution in [0.1, 0.15) is 31.9 Å². The van der Waals surface area contributed by atoms with Crippen LogP contribution in [-0.2, 0) is 6.54 Å². The second-order valence-electron chi connectivity index (χ2n) is 5.52. The van der Waals surface area contributed by atoms with Crippen LogP contribution in [0.2, 0.25) is 0 Å². The quantitative estimate of drug-likeness (QED) is 0.928. The molecule has 0 saturated heterocycles. The lowest BCUT2D eigenvalue weighted by Crippen LogP contribution is -2.35. The van der Waals surface area contributed by atoms with E-state index in [0.717, 1.165) is 10.9 Å². The SMILES string of the molecule is Cc1ccc(Sc2ncns2)c(CNC(C)(C)C)c1. The summed E-state index contributed by atoms with van der Waals surface area (Å²) in [6.45, 7) is 9.54. The van der Waals surface area contributed by atoms with Crippen molar-refractivity contribution < 1.29 is 0 Å². The van der Waals surface area contributed by atoms with E-state index >= 15 is 0 Å². The highest BCUT2D eigenvalue weighted by atomic mass is 32.2. The number of hydrogen-bond donors (Lipinski definition) is 1. The average Bonchev–Trinajstić information content (AvgIpc) is 2.81. The van der Waals surface area contributed by atoms with Gasteiger partial charge in [-0.25, -0.2) is 4.98 Å². The lowest BCUT2D eigenvalue weighted by Gasteiger charge is -2.21. The Kier molecular flexibility index (Phi) is 4.60. The number of benzene rings is 1. The number of rotatable bonds is 4. The normalized spacial score (nSPS) is 11.8. The maximum atomic E-state index is 4.23. The Bertz CT molecular complexity index is 530. The smallest absolute Gasteiger partial charge is 0.174 e. The third-order valence-electron chi connectivity index (χ3n) is 2.56. The highest BCUT2D eigenvalue weighted by Gasteiger charge is 2.12. The topological polar surface area (TPSA) is 37.8 Å². The Morgan fingerprint density at radius 2 is 2.11 bits per heavy atom. The van der Waals surface area contributed by atoms with Crippen LogP contribution in [0.15, 0.2) is 33.8 Å². The summed E-state index contributed by atoms with van der Waals surface area (Å²) < 4.78 is 5.03. The number of hydrogen-bond acceptors (Lipinski definition) is 5. The molecule has 19 heavy (non-hydrogen) atoms. The molecule has 2 aromatic rings. The van der Waals surface area contributed by atoms with Crippen molar-refractivity contribution in [2.24, 2.45) is 0 Å². The Labute approximate surface area is 123 Å². The summed E-state index contributed by atoms with van der Waals surface area (Å²) in [7, 11) is 0. The summed E-state index contributed by atoms with van der Waals surface area (Å²) >= 11 is 3.12. The number of aromatic nitrogens is 2. The summed E-state index contributed by atoms with van der Waals surface area (Å²) in [6.07, 6.45) is 1.61. The molecule has 0 radical (unpaired) electrons. The van der Waals surface area contributed by atoms with Gasteiger partial charge in [0.2, 0.25) is 0 Å². The van der Waals surface area contributed by atoms with E-state index in [1.807, 2.05) is 0 Å². The van der Waals surface area contributed by atoms with E-state index in [2.05, 4.69) is 60.6 Å². The minimum Gasteiger partial charge on any atom is -0.308 e. The first-order valence-corrected chi connectivity index (χ1v) is 7.82. The standard InChI is InChI=1S/C14H19N3S2/c1-10-5-6-12(18-13-15-9-17-19-13)11(7-10)8-16-14(2,3)4/h5-7,9,16H,8H2,1-4H3. The largest absolute Gasteiger partial charge is 0.308 e. The number of aryl methyl sites for hydroxylation is 1. The third-order valence-corrected chi connectivity index (χ3v) is 4.40. The lowest BCUT2D eigenvalue weighted by molar-refractivity contribution is 0.422. The summed E-state index contributed by atoms with van der Waals surface area (Å²) in [5.41, 5.74) is 2.72. The summed E-state index contributed by atoms with van der Waals surface area (Å²) in [5, 5.41) is 3.54. The zero-order chi connectivity index (χ0) is 13.9. The molecular weight excluding hydrogens is 274 g/mol. The van der Waals surface area contributed by atoms with E-state index in [0.29, 0.717) is 0 Å². The zero-order valence-corrected chi connectivity index (χ0v) is 13.4. The van der Waals surface area contributed by atoms with Crippen molar-refractivity contribution in [3.05, 3.63) is 35.7 Å². The van der Waals surface area contributed by atoms with E-state index in [1.54, 1.807) is 18.1 Å². The van der Waals surface area contributed by atoms with E-state index in [-0.39, 0.29) is 5.54 Å². The predicted octanol–water partition coefficient (Wildman–Crippen LogP) is 3.89. The van der Waals surface area contributed by atoms with Crippen molar-refractivity contribution in [1.29, 1.82) is 0 Å². The van der Waals surface area contributed by atoms with Crippen LogP contribution in [0.4, 0.5) is 0 Å². The van der Waals surface area contributed by atoms with Crippen LogP contribution in [0.25, 0.3) is 0 Å². The van der Waals surface area contributed by atoms with Crippen molar-refractivity contribution in [3.8, 4) is 0 Å². The first kappa shape index (κ1) is 14.5. The van der Waals surface area contributed by atoms with Crippen LogP contribution < -0.4 is 5.32 Å². The van der Waals surface area contributed by atoms with Gasteiger partial charge >= 0.3 is 0 Å². The van der Waals surface area contributed by atoms with Gasteiger partial charge in [0.15, 0.2) is 4.34 Å². The van der Waals surface area contributed by atoms with Gasteiger partial charge in [-0.2, -0.15) is 4.37 Å². The van der Waals surface area contributed by atoms with Gasteiger partial charge in [-0.3, -0.25) is 0 Å². The van der Waals surface area contributed by atoms with Crippen LogP contribution in [0.5, 0.6) is 0 Å². The Hall–Kier alpha value is -0.910. The molecule has 1 heterocycles. The maximum Gasteiger partial charge on any atom is 0.174 e. The van der Waals surface area contributed by atoms with Crippen molar-refractivity contribution in [2.45, 2.75) is 49.0 Å². The van der Waals surface area contributed by atoms with E-state index in [4.69, 9.17) is 0 Å². The molecule has 3 nitrogen and oxygen atoms in total. The molecule has 0 aliphatic heterocycles. The molecule has 0 amide bonds. The van der Waals surface area contributed by atoms with E-state index < -0.39 is 0 Å². The van der Waals surface area contributed by atoms with Gasteiger partial charge in [-0.1, -0.05) is 29.5 Å². The summed E-state index contributed by atoms with van der Waals surface area (Å²) in [6, 6.07) is 6.55. The number of nitrogens with zero attached hydrogens (tertiary/aromatic N) is 2. The molecule has 0 unspecified atom stereocenters. The molecule has 1 aromatic heterocycles. The fourth-order valence-electron chi connectivity index (χ4n) is 1.61. The first-order valence-electron chi connectivity index (χ1n) is 6.23. The fraction of sp³-hybridized carbons (Fsp3) is 0.429. The van der Waals surface area contributed by atoms with E-state index in [1.165, 1.54) is 27.6 Å². The molecule has 1 aromatic carbocycles. The lowest BCUT2D eigenvalue weighted by atomic mass is 10.1. The Balaban J connectivity index is 2.18. The first-order chi connectivity index (χ1) is 8.94. The molecular formula is C14H19N3S2. The molecule has 1 N–H and O–H groups in total. The average molecular weight is 293 g/mol. The highest BCUT2D eigenvalue weighted by molar-refractivity contribution is 8.01. The molecule has 0 saturated carbocycles. The van der Waals surface area contributed by atoms with Crippen LogP contribution in [0, 0.1) is 6.92 Å². The second-order valence-corrected chi connectivity index (χ2v) is 7.59. The van der Waals surface area contributed by atoms with Crippen LogP contribution >= 0.6 is 23.3 Å². The van der Waals surface area contributed by atoms with Crippen molar-refractivity contribution in [1.82, 2.24) is 14.7 Å². The molecule has 0 fully saturated rings. The van der Waals surface area contributed by atoms with Gasteiger partial charge in [-0.05, 0) is 50.9 Å². The highest BCUT2D eigenvalue weighted by Crippen LogP contribution is 2.31. The minimum atomic E-state index is 0.119. The third kappa shape index (κ3) is 4.60. The molecule has 0 atom stereocenters. The fourth-order valence-corrected chi connectivity index (χ4v) is 3.12. The van der Waals surface area contributed by atoms with Crippen LogP contribution in [0.3, 0.4) is 0 Å². The molecule has 0 aliphatic carbocycles. The summed E-state index contributed by atoms with van der Waals surface area (Å²) in [5.74, 6) is 0. The molecule has 102 valence electrons. The maximum absolute atomic E-state index is 4.23. The zero-order valence-electron chi connectivity index (χ0n) is 11.7.